The van der Waals surface area contributed by atoms with Crippen molar-refractivity contribution in [2.45, 2.75) is 244 Å². The fourth-order valence-electron chi connectivity index (χ4n) is 7.87. The first-order valence-electron chi connectivity index (χ1n) is 27.1. The second-order valence-corrected chi connectivity index (χ2v) is 19.8. The zero-order chi connectivity index (χ0) is 53.6. The number of nitrogens with zero attached hydrogens (tertiary/aromatic N) is 1. The van der Waals surface area contributed by atoms with Gasteiger partial charge in [0.1, 0.15) is 18.8 Å². The van der Waals surface area contributed by atoms with Gasteiger partial charge in [-0.2, -0.15) is 11.8 Å². The van der Waals surface area contributed by atoms with Crippen molar-refractivity contribution in [3.05, 3.63) is 0 Å². The Hall–Kier alpha value is -4.46. The molecule has 0 aromatic rings. The third kappa shape index (κ3) is 40.1. The molecule has 20 heteroatoms. The molecule has 0 fully saturated rings. The number of aliphatic carboxylic acids is 3. The van der Waals surface area contributed by atoms with Crippen LogP contribution in [0.3, 0.4) is 0 Å². The summed E-state index contributed by atoms with van der Waals surface area (Å²) in [5.41, 5.74) is 7.32. The van der Waals surface area contributed by atoms with E-state index in [2.05, 4.69) is 24.5 Å². The minimum absolute atomic E-state index is 0.0828. The first kappa shape index (κ1) is 67.5. The maximum Gasteiger partial charge on any atom is 0.328 e. The van der Waals surface area contributed by atoms with E-state index in [9.17, 15) is 53.4 Å². The SMILES string of the molecule is CCCCCCCCCCCCCCCC(=O)OC[C@H](CSCCC(=O)NCC(=O)NC(CCC(=O)O)C(=O)N(NC(=O)CN)C(CCC(=O)O)C(=O)O)OC(=O)CCCCCCCCCCCCCCC. The number of esters is 2. The number of thioether (sulfide) groups is 1. The molecule has 416 valence electrons. The minimum atomic E-state index is -1.92. The van der Waals surface area contributed by atoms with E-state index in [0.717, 1.165) is 38.5 Å². The topological polar surface area (TPSA) is 298 Å². The molecule has 72 heavy (non-hydrogen) atoms. The number of carbonyl (C=O) groups excluding carboxylic acids is 6. The smallest absolute Gasteiger partial charge is 0.328 e. The van der Waals surface area contributed by atoms with Crippen molar-refractivity contribution in [3.63, 3.8) is 0 Å². The van der Waals surface area contributed by atoms with E-state index >= 15 is 0 Å². The lowest BCUT2D eigenvalue weighted by atomic mass is 10.0. The molecule has 0 saturated heterocycles. The number of amides is 4. The van der Waals surface area contributed by atoms with Gasteiger partial charge in [0, 0.05) is 43.6 Å². The molecule has 19 nitrogen and oxygen atoms in total. The minimum Gasteiger partial charge on any atom is -0.481 e. The Labute approximate surface area is 433 Å². The van der Waals surface area contributed by atoms with Crippen molar-refractivity contribution in [1.82, 2.24) is 21.1 Å². The molecule has 0 heterocycles. The van der Waals surface area contributed by atoms with Crippen molar-refractivity contribution in [2.24, 2.45) is 5.73 Å². The number of carbonyl (C=O) groups is 9. The zero-order valence-corrected chi connectivity index (χ0v) is 44.7. The molecule has 3 atom stereocenters. The predicted octanol–water partition coefficient (Wildman–Crippen LogP) is 8.13. The Morgan fingerprint density at radius 2 is 0.986 bits per heavy atom. The van der Waals surface area contributed by atoms with Gasteiger partial charge in [0.2, 0.25) is 11.8 Å². The Kier molecular flexibility index (Phi) is 43.5. The second-order valence-electron chi connectivity index (χ2n) is 18.7. The fraction of sp³-hybridized carbons (Fsp3) is 0.827. The summed E-state index contributed by atoms with van der Waals surface area (Å²) < 4.78 is 11.3. The number of hydrogen-bond donors (Lipinski definition) is 7. The normalized spacial score (nSPS) is 12.3. The number of hydrogen-bond acceptors (Lipinski definition) is 13. The van der Waals surface area contributed by atoms with Crippen LogP contribution in [-0.4, -0.2) is 123 Å². The van der Waals surface area contributed by atoms with E-state index in [-0.39, 0.29) is 49.3 Å². The van der Waals surface area contributed by atoms with Gasteiger partial charge in [-0.25, -0.2) is 9.80 Å². The molecule has 0 aromatic carbocycles. The van der Waals surface area contributed by atoms with Gasteiger partial charge < -0.3 is 41.2 Å². The molecule has 0 rings (SSSR count). The lowest BCUT2D eigenvalue weighted by molar-refractivity contribution is -0.158. The van der Waals surface area contributed by atoms with Crippen molar-refractivity contribution in [1.29, 1.82) is 0 Å². The van der Waals surface area contributed by atoms with E-state index < -0.39 is 98.5 Å². The Bertz CT molecular complexity index is 1540. The number of nitrogens with two attached hydrogens (primary N) is 1. The largest absolute Gasteiger partial charge is 0.481 e. The maximum absolute atomic E-state index is 13.5. The van der Waals surface area contributed by atoms with Crippen molar-refractivity contribution >= 4 is 65.2 Å². The number of carboxylic acids is 3. The summed E-state index contributed by atoms with van der Waals surface area (Å²) in [5.74, 6) is -8.51. The molecular formula is C52H93N5O14S. The molecule has 0 bridgehead atoms. The van der Waals surface area contributed by atoms with Crippen molar-refractivity contribution in [2.75, 3.05) is 31.2 Å². The van der Waals surface area contributed by atoms with E-state index in [1.165, 1.54) is 127 Å². The lowest BCUT2D eigenvalue weighted by Gasteiger charge is -2.32. The summed E-state index contributed by atoms with van der Waals surface area (Å²) in [6.45, 7) is 2.98. The molecule has 0 aliphatic carbocycles. The fourth-order valence-corrected chi connectivity index (χ4v) is 8.79. The number of hydrazine groups is 1. The molecule has 4 amide bonds. The molecular weight excluding hydrogens is 951 g/mol. The van der Waals surface area contributed by atoms with Crippen molar-refractivity contribution < 1.29 is 67.9 Å². The maximum atomic E-state index is 13.5. The van der Waals surface area contributed by atoms with E-state index in [1.807, 2.05) is 5.43 Å². The highest BCUT2D eigenvalue weighted by Crippen LogP contribution is 2.17. The van der Waals surface area contributed by atoms with Crippen LogP contribution >= 0.6 is 11.8 Å². The summed E-state index contributed by atoms with van der Waals surface area (Å²) in [6, 6.07) is -3.63. The number of unbranched alkanes of at least 4 members (excludes halogenated alkanes) is 24. The van der Waals surface area contributed by atoms with Gasteiger partial charge in [-0.05, 0) is 25.7 Å². The first-order chi connectivity index (χ1) is 34.6. The van der Waals surface area contributed by atoms with E-state index in [0.29, 0.717) is 17.9 Å². The second kappa shape index (κ2) is 46.3. The van der Waals surface area contributed by atoms with Crippen LogP contribution in [0.15, 0.2) is 0 Å². The quantitative estimate of drug-likeness (QED) is 0.0172. The van der Waals surface area contributed by atoms with Gasteiger partial charge in [0.05, 0.1) is 13.1 Å². The van der Waals surface area contributed by atoms with Crippen LogP contribution in [0.4, 0.5) is 0 Å². The highest BCUT2D eigenvalue weighted by molar-refractivity contribution is 7.99. The summed E-state index contributed by atoms with van der Waals surface area (Å²) in [6.07, 6.45) is 27.9. The zero-order valence-electron chi connectivity index (χ0n) is 43.9. The molecule has 0 saturated carbocycles. The van der Waals surface area contributed by atoms with E-state index in [4.69, 9.17) is 20.3 Å². The summed E-state index contributed by atoms with van der Waals surface area (Å²) in [4.78, 5) is 112. The monoisotopic (exact) mass is 1040 g/mol. The van der Waals surface area contributed by atoms with Crippen LogP contribution in [0.25, 0.3) is 0 Å². The summed E-state index contributed by atoms with van der Waals surface area (Å²) >= 11 is 1.28. The Morgan fingerprint density at radius 3 is 1.43 bits per heavy atom. The van der Waals surface area contributed by atoms with Gasteiger partial charge in [0.25, 0.3) is 11.8 Å². The van der Waals surface area contributed by atoms with Gasteiger partial charge >= 0.3 is 29.8 Å². The first-order valence-corrected chi connectivity index (χ1v) is 28.3. The van der Waals surface area contributed by atoms with Gasteiger partial charge in [-0.3, -0.25) is 43.8 Å². The molecule has 0 aliphatic heterocycles. The Morgan fingerprint density at radius 1 is 0.542 bits per heavy atom. The predicted molar refractivity (Wildman–Crippen MR) is 278 cm³/mol. The van der Waals surface area contributed by atoms with Gasteiger partial charge in [0.15, 0.2) is 6.04 Å². The molecule has 2 unspecified atom stereocenters. The van der Waals surface area contributed by atoms with E-state index in [1.54, 1.807) is 0 Å². The molecule has 8 N–H and O–H groups in total. The molecule has 0 aliphatic rings. The van der Waals surface area contributed by atoms with Crippen molar-refractivity contribution in [3.8, 4) is 0 Å². The van der Waals surface area contributed by atoms with Crippen LogP contribution < -0.4 is 21.8 Å². The third-order valence-electron chi connectivity index (χ3n) is 12.1. The third-order valence-corrected chi connectivity index (χ3v) is 13.2. The van der Waals surface area contributed by atoms with Crippen LogP contribution in [0.1, 0.15) is 226 Å². The highest BCUT2D eigenvalue weighted by Gasteiger charge is 2.36. The number of ether oxygens (including phenoxy) is 2. The van der Waals surface area contributed by atoms with Crippen LogP contribution in [0, 0.1) is 0 Å². The molecule has 0 spiro atoms. The standard InChI is InChI=1S/C52H93N5O14S/c1-3-5-7-9-11-13-15-17-19-21-23-25-27-29-49(65)70-39-41(71-50(66)30-28-26-24-22-20-18-16-14-12-10-8-6-4-2)40-72-36-35-44(58)54-38-46(60)55-42(31-33-47(61)62)51(67)57(56-45(59)37-53)43(52(68)69)32-34-48(63)64/h41-43H,3-40,53H2,1-2H3,(H,54,58)(H,55,60)(H,56,59)(H,61,62)(H,63,64)(H,68,69)/t41-,42?,43?/m1/s1. The molecule has 0 radical (unpaired) electrons. The number of rotatable bonds is 49. The number of nitrogens with one attached hydrogen (secondary N) is 3. The number of carboxylic acid groups (broad SMARTS) is 3. The van der Waals surface area contributed by atoms with Crippen LogP contribution in [0.2, 0.25) is 0 Å². The van der Waals surface area contributed by atoms with Crippen LogP contribution in [-0.2, 0) is 52.6 Å². The summed E-state index contributed by atoms with van der Waals surface area (Å²) in [5, 5.41) is 33.1. The highest BCUT2D eigenvalue weighted by atomic mass is 32.2. The Balaban J connectivity index is 5.19. The average Bonchev–Trinajstić information content (AvgIpc) is 3.34. The van der Waals surface area contributed by atoms with Crippen LogP contribution in [0.5, 0.6) is 0 Å². The molecule has 0 aromatic heterocycles. The lowest BCUT2D eigenvalue weighted by Crippen LogP contribution is -2.61. The van der Waals surface area contributed by atoms with Gasteiger partial charge in [-0.1, -0.05) is 168 Å². The van der Waals surface area contributed by atoms with Gasteiger partial charge in [-0.15, -0.1) is 0 Å². The summed E-state index contributed by atoms with van der Waals surface area (Å²) in [7, 11) is 0. The average molecular weight is 1040 g/mol.